The van der Waals surface area contributed by atoms with Crippen molar-refractivity contribution in [2.24, 2.45) is 29.1 Å². The number of ketones is 1. The molecule has 0 saturated carbocycles. The minimum absolute atomic E-state index is 0.0185. The van der Waals surface area contributed by atoms with Crippen molar-refractivity contribution in [3.63, 3.8) is 0 Å². The number of methoxy groups -OCH3 is 2. The van der Waals surface area contributed by atoms with Crippen LogP contribution >= 0.6 is 0 Å². The standard InChI is InChI=1S/C44H75N5O7/c1-16-29(6)38(48(13)43(54)36(27(2)3)46-42(53)37(28(4)5)47(11)12)34(55-14)26-35(50)49-24-20-23-33(49)39(56-15)30(7)41(52)45-32(40(51)44(8,9)10)25-31-21-18-17-19-22-31/h17-19,21-22,27-30,32-34,36-39H,16,20,23-26H2,1-15H3,(H,45,52)(H,46,53)/t29-,30+,32-,33?,34+,36?,37?,38?,39+/m0/s1. The molecule has 9 atom stereocenters. The molecule has 0 bridgehead atoms. The molecule has 4 amide bonds. The van der Waals surface area contributed by atoms with Gasteiger partial charge in [-0.05, 0) is 56.7 Å². The Bertz CT molecular complexity index is 1420. The second kappa shape index (κ2) is 22.0. The van der Waals surface area contributed by atoms with Crippen molar-refractivity contribution in [2.75, 3.05) is 41.9 Å². The van der Waals surface area contributed by atoms with Crippen LogP contribution in [0.5, 0.6) is 0 Å². The van der Waals surface area contributed by atoms with Gasteiger partial charge in [0.2, 0.25) is 23.6 Å². The zero-order chi connectivity index (χ0) is 42.7. The molecule has 1 fully saturated rings. The van der Waals surface area contributed by atoms with Crippen molar-refractivity contribution in [3.05, 3.63) is 35.9 Å². The Morgan fingerprint density at radius 3 is 1.96 bits per heavy atom. The van der Waals surface area contributed by atoms with Crippen molar-refractivity contribution >= 4 is 29.4 Å². The van der Waals surface area contributed by atoms with Gasteiger partial charge in [0, 0.05) is 33.2 Å². The van der Waals surface area contributed by atoms with Crippen molar-refractivity contribution in [2.45, 2.75) is 144 Å². The number of likely N-dealkylation sites (N-methyl/N-ethyl adjacent to an activating group) is 2. The highest BCUT2D eigenvalue weighted by Gasteiger charge is 2.44. The second-order valence-electron chi connectivity index (χ2n) is 17.8. The van der Waals surface area contributed by atoms with Crippen LogP contribution in [0.2, 0.25) is 0 Å². The molecule has 0 radical (unpaired) electrons. The smallest absolute Gasteiger partial charge is 0.245 e. The molecule has 0 aliphatic carbocycles. The number of benzene rings is 1. The highest BCUT2D eigenvalue weighted by atomic mass is 16.5. The summed E-state index contributed by atoms with van der Waals surface area (Å²) in [5.41, 5.74) is 0.282. The maximum atomic E-state index is 14.3. The number of ether oxygens (including phenoxy) is 2. The number of hydrogen-bond acceptors (Lipinski definition) is 8. The van der Waals surface area contributed by atoms with Crippen LogP contribution in [0.3, 0.4) is 0 Å². The maximum absolute atomic E-state index is 14.3. The van der Waals surface area contributed by atoms with Gasteiger partial charge in [0.25, 0.3) is 0 Å². The van der Waals surface area contributed by atoms with E-state index in [2.05, 4.69) is 10.6 Å². The molecule has 1 heterocycles. The number of Topliss-reactive ketones (excluding diaryl/α,β-unsaturated/α-hetero) is 1. The number of carbonyl (C=O) groups excluding carboxylic acids is 5. The van der Waals surface area contributed by atoms with Crippen molar-refractivity contribution in [3.8, 4) is 0 Å². The molecule has 4 unspecified atom stereocenters. The summed E-state index contributed by atoms with van der Waals surface area (Å²) in [7, 11) is 8.57. The fourth-order valence-electron chi connectivity index (χ4n) is 8.30. The molecule has 1 aromatic rings. The van der Waals surface area contributed by atoms with E-state index >= 15 is 0 Å². The summed E-state index contributed by atoms with van der Waals surface area (Å²) in [5, 5.41) is 6.08. The fraction of sp³-hybridized carbons (Fsp3) is 0.750. The van der Waals surface area contributed by atoms with Gasteiger partial charge in [0.05, 0.1) is 48.7 Å². The summed E-state index contributed by atoms with van der Waals surface area (Å²) in [6.45, 7) is 19.7. The number of nitrogens with one attached hydrogen (secondary N) is 2. The Kier molecular flexibility index (Phi) is 19.1. The van der Waals surface area contributed by atoms with Crippen LogP contribution in [0, 0.1) is 29.1 Å². The summed E-state index contributed by atoms with van der Waals surface area (Å²) in [4.78, 5) is 74.8. The van der Waals surface area contributed by atoms with E-state index in [1.54, 1.807) is 38.0 Å². The minimum atomic E-state index is -0.766. The molecule has 0 spiro atoms. The Morgan fingerprint density at radius 1 is 0.875 bits per heavy atom. The Labute approximate surface area is 338 Å². The van der Waals surface area contributed by atoms with Crippen molar-refractivity contribution in [1.29, 1.82) is 0 Å². The largest absolute Gasteiger partial charge is 0.379 e. The monoisotopic (exact) mass is 786 g/mol. The molecule has 318 valence electrons. The lowest BCUT2D eigenvalue weighted by molar-refractivity contribution is -0.148. The highest BCUT2D eigenvalue weighted by Crippen LogP contribution is 2.30. The number of amides is 4. The van der Waals surface area contributed by atoms with Crippen LogP contribution < -0.4 is 10.6 Å². The van der Waals surface area contributed by atoms with Crippen LogP contribution in [0.4, 0.5) is 0 Å². The molecule has 0 aromatic heterocycles. The van der Waals surface area contributed by atoms with Gasteiger partial charge in [0.15, 0.2) is 5.78 Å². The molecule has 1 aliphatic rings. The number of rotatable bonds is 21. The first kappa shape index (κ1) is 48.8. The maximum Gasteiger partial charge on any atom is 0.245 e. The lowest BCUT2D eigenvalue weighted by Gasteiger charge is -2.41. The highest BCUT2D eigenvalue weighted by molar-refractivity contribution is 5.93. The van der Waals surface area contributed by atoms with E-state index < -0.39 is 47.7 Å². The number of carbonyl (C=O) groups is 5. The zero-order valence-electron chi connectivity index (χ0n) is 37.2. The third-order valence-electron chi connectivity index (χ3n) is 11.6. The van der Waals surface area contributed by atoms with E-state index in [1.165, 1.54) is 0 Å². The predicted octanol–water partition coefficient (Wildman–Crippen LogP) is 4.98. The molecular weight excluding hydrogens is 711 g/mol. The van der Waals surface area contributed by atoms with E-state index in [9.17, 15) is 24.0 Å². The topological polar surface area (TPSA) is 138 Å². The first-order valence-corrected chi connectivity index (χ1v) is 20.6. The summed E-state index contributed by atoms with van der Waals surface area (Å²) in [5.74, 6) is -1.78. The normalized spacial score (nSPS) is 19.2. The summed E-state index contributed by atoms with van der Waals surface area (Å²) >= 11 is 0. The van der Waals surface area contributed by atoms with Crippen LogP contribution in [0.1, 0.15) is 100 Å². The molecule has 1 saturated heterocycles. The van der Waals surface area contributed by atoms with E-state index in [4.69, 9.17) is 9.47 Å². The molecule has 2 rings (SSSR count). The molecule has 2 N–H and O–H groups in total. The van der Waals surface area contributed by atoms with Crippen LogP contribution in [-0.2, 0) is 39.9 Å². The number of likely N-dealkylation sites (tertiary alicyclic amines) is 1. The zero-order valence-corrected chi connectivity index (χ0v) is 37.2. The van der Waals surface area contributed by atoms with Gasteiger partial charge in [-0.2, -0.15) is 0 Å². The van der Waals surface area contributed by atoms with Gasteiger partial charge < -0.3 is 29.9 Å². The Hall–Kier alpha value is -3.35. The molecular formula is C44H75N5O7. The lowest BCUT2D eigenvalue weighted by atomic mass is 9.83. The van der Waals surface area contributed by atoms with Gasteiger partial charge in [-0.25, -0.2) is 0 Å². The SMILES string of the molecule is CC[C@H](C)C([C@@H](CC(=O)N1CCCC1[C@H](OC)[C@@H](C)C(=O)N[C@@H](Cc1ccccc1)C(=O)C(C)(C)C)OC)N(C)C(=O)C(NC(=O)C(C(C)C)N(C)C)C(C)C. The predicted molar refractivity (Wildman–Crippen MR) is 222 cm³/mol. The second-order valence-corrected chi connectivity index (χ2v) is 17.8. The molecule has 12 nitrogen and oxygen atoms in total. The average molecular weight is 786 g/mol. The van der Waals surface area contributed by atoms with E-state index in [0.717, 1.165) is 18.4 Å². The Balaban J connectivity index is 2.32. The first-order chi connectivity index (χ1) is 26.1. The third kappa shape index (κ3) is 12.8. The van der Waals surface area contributed by atoms with E-state index in [-0.39, 0.29) is 59.6 Å². The average Bonchev–Trinajstić information content (AvgIpc) is 3.62. The van der Waals surface area contributed by atoms with Gasteiger partial charge in [-0.3, -0.25) is 28.9 Å². The summed E-state index contributed by atoms with van der Waals surface area (Å²) < 4.78 is 12.0. The van der Waals surface area contributed by atoms with Gasteiger partial charge >= 0.3 is 0 Å². The quantitative estimate of drug-likeness (QED) is 0.178. The molecule has 56 heavy (non-hydrogen) atoms. The van der Waals surface area contributed by atoms with Crippen molar-refractivity contribution in [1.82, 2.24) is 25.3 Å². The van der Waals surface area contributed by atoms with Gasteiger partial charge in [0.1, 0.15) is 6.04 Å². The van der Waals surface area contributed by atoms with Gasteiger partial charge in [-0.1, -0.05) is 106 Å². The van der Waals surface area contributed by atoms with Crippen LogP contribution in [0.15, 0.2) is 30.3 Å². The van der Waals surface area contributed by atoms with Crippen LogP contribution in [-0.4, -0.2) is 128 Å². The minimum Gasteiger partial charge on any atom is -0.379 e. The van der Waals surface area contributed by atoms with E-state index in [1.807, 2.05) is 112 Å². The van der Waals surface area contributed by atoms with Crippen molar-refractivity contribution < 1.29 is 33.4 Å². The van der Waals surface area contributed by atoms with Crippen LogP contribution in [0.25, 0.3) is 0 Å². The summed E-state index contributed by atoms with van der Waals surface area (Å²) in [6, 6.07) is 6.91. The molecule has 1 aromatic carbocycles. The first-order valence-electron chi connectivity index (χ1n) is 20.6. The molecule has 1 aliphatic heterocycles. The van der Waals surface area contributed by atoms with Gasteiger partial charge in [-0.15, -0.1) is 0 Å². The fourth-order valence-corrected chi connectivity index (χ4v) is 8.30. The van der Waals surface area contributed by atoms with E-state index in [0.29, 0.717) is 19.4 Å². The number of hydrogen-bond donors (Lipinski definition) is 2. The summed E-state index contributed by atoms with van der Waals surface area (Å²) in [6.07, 6.45) is 1.27. The lowest BCUT2D eigenvalue weighted by Crippen LogP contribution is -2.59. The molecule has 12 heteroatoms. The number of nitrogens with zero attached hydrogens (tertiary/aromatic N) is 3. The Morgan fingerprint density at radius 2 is 1.48 bits per heavy atom. The third-order valence-corrected chi connectivity index (χ3v) is 11.6.